The fourth-order valence-corrected chi connectivity index (χ4v) is 3.42. The second-order valence-electron chi connectivity index (χ2n) is 8.56. The zero-order chi connectivity index (χ0) is 23.4. The van der Waals surface area contributed by atoms with Crippen LogP contribution >= 0.6 is 0 Å². The predicted molar refractivity (Wildman–Crippen MR) is 127 cm³/mol. The number of aromatic nitrogens is 3. The van der Waals surface area contributed by atoms with Crippen molar-refractivity contribution >= 4 is 28.0 Å². The first-order valence-corrected chi connectivity index (χ1v) is 10.9. The minimum absolute atomic E-state index is 0.237. The van der Waals surface area contributed by atoms with Crippen LogP contribution in [0.25, 0.3) is 21.9 Å². The van der Waals surface area contributed by atoms with Crippen LogP contribution in [-0.2, 0) is 22.7 Å². The summed E-state index contributed by atoms with van der Waals surface area (Å²) in [6.07, 6.45) is 1.11. The van der Waals surface area contributed by atoms with Crippen molar-refractivity contribution < 1.29 is 19.0 Å². The Morgan fingerprint density at radius 1 is 1.06 bits per heavy atom. The number of carbonyl (C=O) groups excluding carboxylic acids is 1. The average Bonchev–Trinajstić information content (AvgIpc) is 3.13. The van der Waals surface area contributed by atoms with Crippen LogP contribution < -0.4 is 10.2 Å². The van der Waals surface area contributed by atoms with Crippen molar-refractivity contribution in [3.8, 4) is 5.75 Å². The van der Waals surface area contributed by atoms with E-state index in [2.05, 4.69) is 15.4 Å². The average molecular weight is 449 g/mol. The van der Waals surface area contributed by atoms with Crippen molar-refractivity contribution in [1.29, 1.82) is 0 Å². The lowest BCUT2D eigenvalue weighted by atomic mass is 10.2. The largest absolute Gasteiger partial charge is 0.489 e. The molecule has 4 rings (SSSR count). The number of ether oxygens (including phenoxy) is 3. The molecular weight excluding hydrogens is 420 g/mol. The number of amides is 1. The molecule has 4 aromatic rings. The fraction of sp³-hybridized carbons (Fsp3) is 0.320. The first kappa shape index (κ1) is 22.5. The lowest BCUT2D eigenvalue weighted by Crippen LogP contribution is -2.32. The molecule has 2 aromatic heterocycles. The molecule has 0 saturated carbocycles. The van der Waals surface area contributed by atoms with E-state index >= 15 is 0 Å². The van der Waals surface area contributed by atoms with Gasteiger partial charge in [-0.05, 0) is 45.4 Å². The van der Waals surface area contributed by atoms with Gasteiger partial charge in [0, 0.05) is 18.1 Å². The Labute approximate surface area is 192 Å². The van der Waals surface area contributed by atoms with E-state index in [1.807, 2.05) is 76.2 Å². The highest BCUT2D eigenvalue weighted by atomic mass is 16.6. The number of rotatable bonds is 7. The van der Waals surface area contributed by atoms with Crippen molar-refractivity contribution in [2.45, 2.75) is 46.5 Å². The third kappa shape index (κ3) is 5.40. The molecule has 0 aliphatic rings. The van der Waals surface area contributed by atoms with E-state index in [-0.39, 0.29) is 6.61 Å². The molecule has 0 spiro atoms. The Morgan fingerprint density at radius 2 is 1.85 bits per heavy atom. The summed E-state index contributed by atoms with van der Waals surface area (Å²) in [5, 5.41) is 0.825. The molecule has 0 radical (unpaired) electrons. The van der Waals surface area contributed by atoms with Gasteiger partial charge in [0.05, 0.1) is 11.7 Å². The van der Waals surface area contributed by atoms with E-state index < -0.39 is 11.7 Å². The number of fused-ring (bicyclic) bond motifs is 3. The van der Waals surface area contributed by atoms with E-state index in [0.717, 1.165) is 22.0 Å². The molecule has 0 fully saturated rings. The van der Waals surface area contributed by atoms with Crippen molar-refractivity contribution in [3.63, 3.8) is 0 Å². The molecule has 0 aliphatic heterocycles. The molecule has 0 atom stereocenters. The number of hydrogen-bond acceptors (Lipinski definition) is 6. The third-order valence-corrected chi connectivity index (χ3v) is 4.81. The molecule has 172 valence electrons. The van der Waals surface area contributed by atoms with Crippen LogP contribution in [0.5, 0.6) is 5.75 Å². The van der Waals surface area contributed by atoms with Gasteiger partial charge in [-0.15, -0.1) is 0 Å². The molecule has 0 saturated heterocycles. The van der Waals surface area contributed by atoms with E-state index in [9.17, 15) is 4.79 Å². The Balaban J connectivity index is 1.70. The normalized spacial score (nSPS) is 11.6. The van der Waals surface area contributed by atoms with Gasteiger partial charge < -0.3 is 14.2 Å². The first-order chi connectivity index (χ1) is 15.8. The predicted octanol–water partition coefficient (Wildman–Crippen LogP) is 5.18. The summed E-state index contributed by atoms with van der Waals surface area (Å²) in [6.45, 7) is 8.58. The van der Waals surface area contributed by atoms with Gasteiger partial charge in [0.2, 0.25) is 0 Å². The quantitative estimate of drug-likeness (QED) is 0.419. The van der Waals surface area contributed by atoms with Crippen molar-refractivity contribution in [1.82, 2.24) is 14.6 Å². The van der Waals surface area contributed by atoms with Gasteiger partial charge in [-0.3, -0.25) is 4.98 Å². The summed E-state index contributed by atoms with van der Waals surface area (Å²) in [6, 6.07) is 15.7. The summed E-state index contributed by atoms with van der Waals surface area (Å²) in [4.78, 5) is 21.7. The maximum absolute atomic E-state index is 12.5. The van der Waals surface area contributed by atoms with E-state index in [0.29, 0.717) is 30.3 Å². The molecule has 0 aliphatic carbocycles. The summed E-state index contributed by atoms with van der Waals surface area (Å²) < 4.78 is 18.6. The highest BCUT2D eigenvalue weighted by Crippen LogP contribution is 2.28. The molecule has 1 N–H and O–H groups in total. The molecule has 0 unspecified atom stereocenters. The standard InChI is InChI=1S/C25H28N4O4/c1-5-31-16-22-27-21-14-26-20-13-18(32-15-17-9-7-6-8-10-17)11-12-19(20)23(21)29(22)28-24(30)33-25(2,3)4/h6-14H,5,15-16H2,1-4H3,(H,28,30). The summed E-state index contributed by atoms with van der Waals surface area (Å²) in [5.74, 6) is 1.26. The van der Waals surface area contributed by atoms with E-state index in [1.165, 1.54) is 0 Å². The van der Waals surface area contributed by atoms with E-state index in [1.54, 1.807) is 10.9 Å². The van der Waals surface area contributed by atoms with Crippen LogP contribution in [-0.4, -0.2) is 32.9 Å². The zero-order valence-corrected chi connectivity index (χ0v) is 19.3. The fourth-order valence-electron chi connectivity index (χ4n) is 3.42. The van der Waals surface area contributed by atoms with Gasteiger partial charge in [-0.2, -0.15) is 0 Å². The smallest absolute Gasteiger partial charge is 0.427 e. The highest BCUT2D eigenvalue weighted by Gasteiger charge is 2.21. The molecule has 0 bridgehead atoms. The maximum atomic E-state index is 12.5. The number of nitrogens with zero attached hydrogens (tertiary/aromatic N) is 3. The molecule has 2 aromatic carbocycles. The maximum Gasteiger partial charge on any atom is 0.427 e. The molecule has 8 heteroatoms. The van der Waals surface area contributed by atoms with Gasteiger partial charge in [0.1, 0.15) is 35.6 Å². The number of imidazole rings is 1. The van der Waals surface area contributed by atoms with Crippen LogP contribution in [0, 0.1) is 0 Å². The van der Waals surface area contributed by atoms with Crippen LogP contribution in [0.15, 0.2) is 54.7 Å². The Morgan fingerprint density at radius 3 is 2.58 bits per heavy atom. The summed E-state index contributed by atoms with van der Waals surface area (Å²) in [5.41, 5.74) is 5.35. The van der Waals surface area contributed by atoms with Crippen LogP contribution in [0.2, 0.25) is 0 Å². The molecule has 8 nitrogen and oxygen atoms in total. The topological polar surface area (TPSA) is 87.5 Å². The van der Waals surface area contributed by atoms with Gasteiger partial charge in [0.25, 0.3) is 0 Å². The zero-order valence-electron chi connectivity index (χ0n) is 19.3. The van der Waals surface area contributed by atoms with E-state index in [4.69, 9.17) is 14.2 Å². The summed E-state index contributed by atoms with van der Waals surface area (Å²) >= 11 is 0. The number of nitrogens with one attached hydrogen (secondary N) is 1. The number of hydrogen-bond donors (Lipinski definition) is 1. The molecular formula is C25H28N4O4. The Hall–Kier alpha value is -3.65. The van der Waals surface area contributed by atoms with Gasteiger partial charge in [-0.1, -0.05) is 30.3 Å². The number of carbonyl (C=O) groups is 1. The highest BCUT2D eigenvalue weighted by molar-refractivity contribution is 6.03. The van der Waals surface area contributed by atoms with Crippen molar-refractivity contribution in [2.75, 3.05) is 12.0 Å². The molecule has 33 heavy (non-hydrogen) atoms. The lowest BCUT2D eigenvalue weighted by Gasteiger charge is -2.20. The van der Waals surface area contributed by atoms with Crippen molar-refractivity contribution in [3.05, 3.63) is 66.1 Å². The monoisotopic (exact) mass is 448 g/mol. The first-order valence-electron chi connectivity index (χ1n) is 10.9. The molecule has 2 heterocycles. The SMILES string of the molecule is CCOCc1nc2cnc3cc(OCc4ccccc4)ccc3c2n1NC(=O)OC(C)(C)C. The van der Waals surface area contributed by atoms with Crippen LogP contribution in [0.3, 0.4) is 0 Å². The number of benzene rings is 2. The van der Waals surface area contributed by atoms with Gasteiger partial charge in [-0.25, -0.2) is 19.9 Å². The van der Waals surface area contributed by atoms with Crippen molar-refractivity contribution in [2.24, 2.45) is 0 Å². The van der Waals surface area contributed by atoms with Crippen LogP contribution in [0.4, 0.5) is 4.79 Å². The minimum Gasteiger partial charge on any atom is -0.489 e. The number of pyridine rings is 1. The van der Waals surface area contributed by atoms with Crippen LogP contribution in [0.1, 0.15) is 39.1 Å². The van der Waals surface area contributed by atoms with Gasteiger partial charge >= 0.3 is 6.09 Å². The van der Waals surface area contributed by atoms with Gasteiger partial charge in [0.15, 0.2) is 5.82 Å². The minimum atomic E-state index is -0.630. The Bertz CT molecular complexity index is 1260. The lowest BCUT2D eigenvalue weighted by molar-refractivity contribution is 0.0610. The second kappa shape index (κ2) is 9.46. The summed E-state index contributed by atoms with van der Waals surface area (Å²) in [7, 11) is 0. The third-order valence-electron chi connectivity index (χ3n) is 4.81. The second-order valence-corrected chi connectivity index (χ2v) is 8.56. The molecule has 1 amide bonds. The Kier molecular flexibility index (Phi) is 6.46.